The van der Waals surface area contributed by atoms with Crippen LogP contribution in [-0.4, -0.2) is 15.0 Å². The van der Waals surface area contributed by atoms with Gasteiger partial charge in [-0.25, -0.2) is 15.0 Å². The molecule has 3 aromatic rings. The molecular weight excluding hydrogens is 234 g/mol. The molecule has 1 heterocycles. The minimum absolute atomic E-state index is 0.750. The Morgan fingerprint density at radius 2 is 1.47 bits per heavy atom. The molecule has 0 radical (unpaired) electrons. The molecule has 3 nitrogen and oxygen atoms in total. The van der Waals surface area contributed by atoms with Gasteiger partial charge in [0.25, 0.3) is 0 Å². The second-order valence-electron chi connectivity index (χ2n) is 4.63. The van der Waals surface area contributed by atoms with Crippen molar-refractivity contribution in [1.82, 2.24) is 15.0 Å². The average molecular weight is 245 g/mol. The minimum Gasteiger partial charge on any atom is -0.225 e. The maximum atomic E-state index is 4.27. The lowest BCUT2D eigenvalue weighted by molar-refractivity contribution is 1.05. The zero-order chi connectivity index (χ0) is 12.7. The Kier molecular flexibility index (Phi) is 2.18. The molecule has 90 valence electrons. The number of nitrogens with zero attached hydrogens (tertiary/aromatic N) is 3. The van der Waals surface area contributed by atoms with Gasteiger partial charge in [-0.15, -0.1) is 0 Å². The maximum absolute atomic E-state index is 4.27. The molecule has 1 aromatic heterocycles. The van der Waals surface area contributed by atoms with Crippen molar-refractivity contribution in [3.05, 3.63) is 66.2 Å². The van der Waals surface area contributed by atoms with Crippen LogP contribution < -0.4 is 0 Å². The molecule has 0 unspecified atom stereocenters. The monoisotopic (exact) mass is 245 g/mol. The highest BCUT2D eigenvalue weighted by atomic mass is 15.0. The number of benzene rings is 2. The molecule has 1 aliphatic rings. The van der Waals surface area contributed by atoms with E-state index in [1.165, 1.54) is 22.3 Å². The van der Waals surface area contributed by atoms with Gasteiger partial charge in [-0.05, 0) is 28.7 Å². The summed E-state index contributed by atoms with van der Waals surface area (Å²) >= 11 is 0. The molecule has 0 saturated carbocycles. The maximum Gasteiger partial charge on any atom is 0.162 e. The topological polar surface area (TPSA) is 38.7 Å². The highest BCUT2D eigenvalue weighted by Crippen LogP contribution is 2.40. The van der Waals surface area contributed by atoms with Crippen LogP contribution in [0.3, 0.4) is 0 Å². The van der Waals surface area contributed by atoms with Crippen molar-refractivity contribution in [2.24, 2.45) is 0 Å². The zero-order valence-electron chi connectivity index (χ0n) is 10.2. The molecule has 4 rings (SSSR count). The Labute approximate surface area is 111 Å². The van der Waals surface area contributed by atoms with Crippen molar-refractivity contribution < 1.29 is 0 Å². The summed E-state index contributed by atoms with van der Waals surface area (Å²) in [6, 6.07) is 14.9. The van der Waals surface area contributed by atoms with Gasteiger partial charge in [0.05, 0.1) is 0 Å². The number of aromatic nitrogens is 3. The van der Waals surface area contributed by atoms with E-state index in [4.69, 9.17) is 0 Å². The normalized spacial score (nSPS) is 12.0. The molecule has 2 aromatic carbocycles. The van der Waals surface area contributed by atoms with E-state index in [9.17, 15) is 0 Å². The summed E-state index contributed by atoms with van der Waals surface area (Å²) in [4.78, 5) is 12.4. The Morgan fingerprint density at radius 1 is 0.737 bits per heavy atom. The van der Waals surface area contributed by atoms with Gasteiger partial charge in [0, 0.05) is 5.56 Å². The summed E-state index contributed by atoms with van der Waals surface area (Å²) in [6.07, 6.45) is 4.04. The summed E-state index contributed by atoms with van der Waals surface area (Å²) in [7, 11) is 0. The predicted molar refractivity (Wildman–Crippen MR) is 73.5 cm³/mol. The van der Waals surface area contributed by atoms with Gasteiger partial charge in [0.1, 0.15) is 12.7 Å². The fourth-order valence-corrected chi connectivity index (χ4v) is 2.75. The van der Waals surface area contributed by atoms with Gasteiger partial charge >= 0.3 is 0 Å². The Morgan fingerprint density at radius 3 is 2.37 bits per heavy atom. The van der Waals surface area contributed by atoms with Crippen LogP contribution in [0, 0.1) is 0 Å². The fourth-order valence-electron chi connectivity index (χ4n) is 2.75. The van der Waals surface area contributed by atoms with Crippen LogP contribution in [0.15, 0.2) is 55.1 Å². The third kappa shape index (κ3) is 1.55. The van der Waals surface area contributed by atoms with Gasteiger partial charge in [-0.1, -0.05) is 42.5 Å². The smallest absolute Gasteiger partial charge is 0.162 e. The molecule has 0 bridgehead atoms. The van der Waals surface area contributed by atoms with Gasteiger partial charge in [0.2, 0.25) is 0 Å². The third-order valence-electron chi connectivity index (χ3n) is 3.59. The van der Waals surface area contributed by atoms with Crippen LogP contribution in [0.1, 0.15) is 11.1 Å². The van der Waals surface area contributed by atoms with Crippen molar-refractivity contribution >= 4 is 0 Å². The SMILES string of the molecule is c1ccc2c(c1)Cc1c(-c3ncncn3)cccc1-2. The first-order valence-electron chi connectivity index (χ1n) is 6.26. The average Bonchev–Trinajstić information content (AvgIpc) is 2.87. The molecule has 19 heavy (non-hydrogen) atoms. The van der Waals surface area contributed by atoms with Crippen molar-refractivity contribution in [2.45, 2.75) is 6.42 Å². The number of rotatable bonds is 1. The van der Waals surface area contributed by atoms with Crippen molar-refractivity contribution in [1.29, 1.82) is 0 Å². The summed E-state index contributed by atoms with van der Waals surface area (Å²) in [5, 5.41) is 0. The standard InChI is InChI=1S/C16H11N3/c1-2-5-12-11(4-1)8-15-13(12)6-3-7-14(15)16-18-9-17-10-19-16/h1-7,9-10H,8H2. The number of fused-ring (bicyclic) bond motifs is 3. The predicted octanol–water partition coefficient (Wildman–Crippen LogP) is 3.11. The van der Waals surface area contributed by atoms with E-state index in [2.05, 4.69) is 57.4 Å². The van der Waals surface area contributed by atoms with Gasteiger partial charge in [-0.2, -0.15) is 0 Å². The second-order valence-corrected chi connectivity index (χ2v) is 4.63. The van der Waals surface area contributed by atoms with E-state index < -0.39 is 0 Å². The molecule has 3 heteroatoms. The van der Waals surface area contributed by atoms with Crippen LogP contribution in [-0.2, 0) is 6.42 Å². The first-order valence-corrected chi connectivity index (χ1v) is 6.26. The molecule has 0 atom stereocenters. The van der Waals surface area contributed by atoms with E-state index in [-0.39, 0.29) is 0 Å². The minimum atomic E-state index is 0.750. The molecule has 0 aliphatic heterocycles. The molecule has 0 amide bonds. The van der Waals surface area contributed by atoms with Crippen LogP contribution in [0.5, 0.6) is 0 Å². The molecule has 1 aliphatic carbocycles. The molecule has 0 saturated heterocycles. The number of hydrogen-bond donors (Lipinski definition) is 0. The van der Waals surface area contributed by atoms with Crippen LogP contribution in [0.4, 0.5) is 0 Å². The van der Waals surface area contributed by atoms with Crippen molar-refractivity contribution in [2.75, 3.05) is 0 Å². The molecule has 0 N–H and O–H groups in total. The first-order chi connectivity index (χ1) is 9.43. The van der Waals surface area contributed by atoms with E-state index in [1.807, 2.05) is 0 Å². The molecule has 0 spiro atoms. The highest BCUT2D eigenvalue weighted by molar-refractivity contribution is 5.83. The highest BCUT2D eigenvalue weighted by Gasteiger charge is 2.21. The fraction of sp³-hybridized carbons (Fsp3) is 0.0625. The van der Waals surface area contributed by atoms with Gasteiger partial charge in [0.15, 0.2) is 5.82 Å². The van der Waals surface area contributed by atoms with Crippen molar-refractivity contribution in [3.8, 4) is 22.5 Å². The summed E-state index contributed by atoms with van der Waals surface area (Å²) in [5.41, 5.74) is 6.42. The third-order valence-corrected chi connectivity index (χ3v) is 3.59. The lowest BCUT2D eigenvalue weighted by atomic mass is 10.0. The summed E-state index contributed by atoms with van der Waals surface area (Å²) in [6.45, 7) is 0. The molecule has 0 fully saturated rings. The largest absolute Gasteiger partial charge is 0.225 e. The van der Waals surface area contributed by atoms with E-state index >= 15 is 0 Å². The van der Waals surface area contributed by atoms with E-state index in [0.29, 0.717) is 0 Å². The first kappa shape index (κ1) is 10.4. The van der Waals surface area contributed by atoms with Gasteiger partial charge in [-0.3, -0.25) is 0 Å². The Balaban J connectivity index is 1.95. The molecular formula is C16H11N3. The van der Waals surface area contributed by atoms with Crippen LogP contribution in [0.2, 0.25) is 0 Å². The summed E-state index contributed by atoms with van der Waals surface area (Å²) < 4.78 is 0. The Bertz CT molecular complexity index is 751. The van der Waals surface area contributed by atoms with Gasteiger partial charge < -0.3 is 0 Å². The quantitative estimate of drug-likeness (QED) is 0.517. The lowest BCUT2D eigenvalue weighted by Crippen LogP contribution is -1.93. The van der Waals surface area contributed by atoms with Crippen LogP contribution in [0.25, 0.3) is 22.5 Å². The van der Waals surface area contributed by atoms with Crippen molar-refractivity contribution in [3.63, 3.8) is 0 Å². The Hall–Kier alpha value is -2.55. The second kappa shape index (κ2) is 3.99. The number of hydrogen-bond acceptors (Lipinski definition) is 3. The van der Waals surface area contributed by atoms with E-state index in [0.717, 1.165) is 17.8 Å². The zero-order valence-corrected chi connectivity index (χ0v) is 10.2. The van der Waals surface area contributed by atoms with Crippen LogP contribution >= 0.6 is 0 Å². The summed E-state index contributed by atoms with van der Waals surface area (Å²) in [5.74, 6) is 0.750. The lowest BCUT2D eigenvalue weighted by Gasteiger charge is -2.06. The van der Waals surface area contributed by atoms with E-state index in [1.54, 1.807) is 12.7 Å².